The van der Waals surface area contributed by atoms with Crippen molar-refractivity contribution in [2.45, 2.75) is 12.8 Å². The van der Waals surface area contributed by atoms with E-state index in [2.05, 4.69) is 5.32 Å². The number of halogens is 1. The number of nitrogens with one attached hydrogen (secondary N) is 2. The fourth-order valence-corrected chi connectivity index (χ4v) is 2.09. The maximum atomic E-state index is 13.7. The number of hydrogen-bond donors (Lipinski definition) is 3. The Labute approximate surface area is 98.8 Å². The lowest BCUT2D eigenvalue weighted by atomic mass is 9.89. The van der Waals surface area contributed by atoms with Crippen LogP contribution < -0.4 is 10.8 Å². The highest BCUT2D eigenvalue weighted by molar-refractivity contribution is 5.98. The molecule has 5 heteroatoms. The third-order valence-corrected chi connectivity index (χ3v) is 3.07. The lowest BCUT2D eigenvalue weighted by Crippen LogP contribution is -2.32. The van der Waals surface area contributed by atoms with Gasteiger partial charge in [0, 0.05) is 12.0 Å². The molecule has 1 saturated heterocycles. The first-order valence-electron chi connectivity index (χ1n) is 5.67. The zero-order valence-electron chi connectivity index (χ0n) is 9.37. The van der Waals surface area contributed by atoms with E-state index in [9.17, 15) is 9.18 Å². The van der Waals surface area contributed by atoms with Crippen LogP contribution in [0.3, 0.4) is 0 Å². The van der Waals surface area contributed by atoms with Crippen LogP contribution in [0.15, 0.2) is 18.2 Å². The van der Waals surface area contributed by atoms with Crippen LogP contribution in [-0.4, -0.2) is 24.1 Å². The standard InChI is InChI=1S/C12H15FN2O2/c13-11-7-9(15-17)1-2-10(11)12(16)8-3-5-14-6-4-8/h1-2,7-8,14-15,17H,3-6H2. The van der Waals surface area contributed by atoms with Crippen molar-refractivity contribution in [2.24, 2.45) is 5.92 Å². The van der Waals surface area contributed by atoms with Crippen LogP contribution >= 0.6 is 0 Å². The summed E-state index contributed by atoms with van der Waals surface area (Å²) in [4.78, 5) is 12.1. The van der Waals surface area contributed by atoms with Crippen molar-refractivity contribution < 1.29 is 14.4 Å². The Kier molecular flexibility index (Phi) is 3.71. The molecule has 1 fully saturated rings. The van der Waals surface area contributed by atoms with Crippen LogP contribution in [0.2, 0.25) is 0 Å². The second-order valence-electron chi connectivity index (χ2n) is 4.19. The lowest BCUT2D eigenvalue weighted by molar-refractivity contribution is 0.0891. The van der Waals surface area contributed by atoms with E-state index in [1.165, 1.54) is 12.1 Å². The van der Waals surface area contributed by atoms with Gasteiger partial charge in [-0.15, -0.1) is 0 Å². The SMILES string of the molecule is O=C(c1ccc(NO)cc1F)C1CCNCC1. The Bertz CT molecular complexity index is 417. The maximum Gasteiger partial charge on any atom is 0.168 e. The Morgan fingerprint density at radius 2 is 2.12 bits per heavy atom. The fraction of sp³-hybridized carbons (Fsp3) is 0.417. The monoisotopic (exact) mass is 238 g/mol. The molecule has 0 unspecified atom stereocenters. The maximum absolute atomic E-state index is 13.7. The summed E-state index contributed by atoms with van der Waals surface area (Å²) in [6.07, 6.45) is 1.50. The first-order valence-corrected chi connectivity index (χ1v) is 5.67. The molecule has 0 aromatic heterocycles. The Morgan fingerprint density at radius 3 is 2.71 bits per heavy atom. The minimum atomic E-state index is -0.590. The Balaban J connectivity index is 2.18. The predicted octanol–water partition coefficient (Wildman–Crippen LogP) is 1.81. The van der Waals surface area contributed by atoms with Gasteiger partial charge in [-0.3, -0.25) is 15.5 Å². The number of anilines is 1. The van der Waals surface area contributed by atoms with Gasteiger partial charge in [0.1, 0.15) is 5.82 Å². The molecule has 0 spiro atoms. The van der Waals surface area contributed by atoms with Crippen LogP contribution in [-0.2, 0) is 0 Å². The molecule has 1 aromatic carbocycles. The Morgan fingerprint density at radius 1 is 1.41 bits per heavy atom. The molecule has 0 atom stereocenters. The summed E-state index contributed by atoms with van der Waals surface area (Å²) in [5, 5.41) is 11.8. The minimum Gasteiger partial charge on any atom is -0.317 e. The topological polar surface area (TPSA) is 61.4 Å². The summed E-state index contributed by atoms with van der Waals surface area (Å²) in [6, 6.07) is 4.02. The van der Waals surface area contributed by atoms with Gasteiger partial charge >= 0.3 is 0 Å². The first-order chi connectivity index (χ1) is 8.22. The van der Waals surface area contributed by atoms with Crippen molar-refractivity contribution in [3.05, 3.63) is 29.6 Å². The van der Waals surface area contributed by atoms with E-state index in [1.807, 2.05) is 5.48 Å². The highest BCUT2D eigenvalue weighted by Crippen LogP contribution is 2.22. The van der Waals surface area contributed by atoms with Gasteiger partial charge in [-0.05, 0) is 38.1 Å². The van der Waals surface area contributed by atoms with Gasteiger partial charge in [0.15, 0.2) is 5.78 Å². The summed E-state index contributed by atoms with van der Waals surface area (Å²) in [6.45, 7) is 1.60. The largest absolute Gasteiger partial charge is 0.317 e. The first kappa shape index (κ1) is 12.0. The molecule has 0 radical (unpaired) electrons. The molecule has 1 aliphatic rings. The van der Waals surface area contributed by atoms with E-state index in [0.717, 1.165) is 32.0 Å². The molecule has 4 nitrogen and oxygen atoms in total. The fourth-order valence-electron chi connectivity index (χ4n) is 2.09. The van der Waals surface area contributed by atoms with Crippen LogP contribution in [0.5, 0.6) is 0 Å². The number of hydrogen-bond acceptors (Lipinski definition) is 4. The van der Waals surface area contributed by atoms with Crippen molar-refractivity contribution >= 4 is 11.5 Å². The van der Waals surface area contributed by atoms with Crippen LogP contribution in [0, 0.1) is 11.7 Å². The third-order valence-electron chi connectivity index (χ3n) is 3.07. The number of carbonyl (C=O) groups is 1. The van der Waals surface area contributed by atoms with Crippen molar-refractivity contribution in [3.63, 3.8) is 0 Å². The van der Waals surface area contributed by atoms with Gasteiger partial charge < -0.3 is 5.32 Å². The van der Waals surface area contributed by atoms with E-state index >= 15 is 0 Å². The number of rotatable bonds is 3. The van der Waals surface area contributed by atoms with Crippen LogP contribution in [0.4, 0.5) is 10.1 Å². The average molecular weight is 238 g/mol. The van der Waals surface area contributed by atoms with Gasteiger partial charge in [0.05, 0.1) is 11.3 Å². The predicted molar refractivity (Wildman–Crippen MR) is 61.7 cm³/mol. The van der Waals surface area contributed by atoms with Gasteiger partial charge in [-0.1, -0.05) is 0 Å². The zero-order valence-corrected chi connectivity index (χ0v) is 9.37. The van der Waals surface area contributed by atoms with Gasteiger partial charge in [-0.2, -0.15) is 0 Å². The molecular weight excluding hydrogens is 223 g/mol. The summed E-state index contributed by atoms with van der Waals surface area (Å²) in [5.41, 5.74) is 2.20. The molecule has 0 aliphatic carbocycles. The number of Topliss-reactive ketones (excluding diaryl/α,β-unsaturated/α-hetero) is 1. The summed E-state index contributed by atoms with van der Waals surface area (Å²) >= 11 is 0. The molecule has 2 rings (SSSR count). The molecule has 3 N–H and O–H groups in total. The zero-order chi connectivity index (χ0) is 12.3. The number of carbonyl (C=O) groups excluding carboxylic acids is 1. The van der Waals surface area contributed by atoms with E-state index in [0.29, 0.717) is 0 Å². The number of ketones is 1. The highest BCUT2D eigenvalue weighted by atomic mass is 19.1. The molecule has 0 bridgehead atoms. The smallest absolute Gasteiger partial charge is 0.168 e. The van der Waals surface area contributed by atoms with Gasteiger partial charge in [0.2, 0.25) is 0 Å². The molecule has 1 aromatic rings. The highest BCUT2D eigenvalue weighted by Gasteiger charge is 2.24. The molecular formula is C12H15FN2O2. The second-order valence-corrected chi connectivity index (χ2v) is 4.19. The molecule has 0 saturated carbocycles. The van der Waals surface area contributed by atoms with Crippen molar-refractivity contribution in [3.8, 4) is 0 Å². The van der Waals surface area contributed by atoms with E-state index in [1.54, 1.807) is 0 Å². The van der Waals surface area contributed by atoms with Crippen LogP contribution in [0.25, 0.3) is 0 Å². The normalized spacial score (nSPS) is 16.8. The molecule has 92 valence electrons. The van der Waals surface area contributed by atoms with Crippen molar-refractivity contribution in [1.82, 2.24) is 5.32 Å². The minimum absolute atomic E-state index is 0.0984. The van der Waals surface area contributed by atoms with E-state index in [4.69, 9.17) is 5.21 Å². The Hall–Kier alpha value is -1.46. The van der Waals surface area contributed by atoms with Gasteiger partial charge in [0.25, 0.3) is 0 Å². The van der Waals surface area contributed by atoms with E-state index < -0.39 is 5.82 Å². The molecule has 17 heavy (non-hydrogen) atoms. The van der Waals surface area contributed by atoms with Crippen LogP contribution in [0.1, 0.15) is 23.2 Å². The molecule has 1 aliphatic heterocycles. The van der Waals surface area contributed by atoms with Crippen molar-refractivity contribution in [1.29, 1.82) is 0 Å². The average Bonchev–Trinajstić information content (AvgIpc) is 2.39. The summed E-state index contributed by atoms with van der Waals surface area (Å²) in [7, 11) is 0. The summed E-state index contributed by atoms with van der Waals surface area (Å²) in [5.74, 6) is -0.834. The van der Waals surface area contributed by atoms with E-state index in [-0.39, 0.29) is 23.0 Å². The number of piperidine rings is 1. The van der Waals surface area contributed by atoms with Crippen molar-refractivity contribution in [2.75, 3.05) is 18.6 Å². The molecule has 1 heterocycles. The third kappa shape index (κ3) is 2.62. The molecule has 0 amide bonds. The summed E-state index contributed by atoms with van der Waals surface area (Å²) < 4.78 is 13.7. The lowest BCUT2D eigenvalue weighted by Gasteiger charge is -2.21. The van der Waals surface area contributed by atoms with Gasteiger partial charge in [-0.25, -0.2) is 4.39 Å². The second kappa shape index (κ2) is 5.25. The number of benzene rings is 1. The quantitative estimate of drug-likeness (QED) is 0.555.